The van der Waals surface area contributed by atoms with Gasteiger partial charge in [0.05, 0.1) is 19.4 Å². The van der Waals surface area contributed by atoms with Crippen LogP contribution >= 0.6 is 0 Å². The maximum absolute atomic E-state index is 12.4. The smallest absolute Gasteiger partial charge is 0.223 e. The van der Waals surface area contributed by atoms with E-state index in [0.717, 1.165) is 72.1 Å². The molecule has 0 aromatic carbocycles. The van der Waals surface area contributed by atoms with E-state index in [1.54, 1.807) is 0 Å². The molecule has 0 saturated carbocycles. The average molecular weight is 335 g/mol. The van der Waals surface area contributed by atoms with Gasteiger partial charge in [0, 0.05) is 77.1 Å². The lowest BCUT2D eigenvalue weighted by atomic mass is 10.3. The van der Waals surface area contributed by atoms with E-state index in [2.05, 4.69) is 28.0 Å². The Balaban J connectivity index is 1.46. The first-order valence-electron chi connectivity index (χ1n) is 9.06. The predicted octanol–water partition coefficient (Wildman–Crippen LogP) is 0.270. The van der Waals surface area contributed by atoms with Gasteiger partial charge in [-0.2, -0.15) is 5.10 Å². The number of carbonyl (C=O) groups excluding carboxylic acids is 1. The molecule has 2 saturated heterocycles. The summed E-state index contributed by atoms with van der Waals surface area (Å²) in [6.45, 7) is 11.8. The van der Waals surface area contributed by atoms with E-state index in [1.165, 1.54) is 5.56 Å². The zero-order valence-electron chi connectivity index (χ0n) is 14.7. The van der Waals surface area contributed by atoms with Gasteiger partial charge in [0.2, 0.25) is 5.91 Å². The van der Waals surface area contributed by atoms with E-state index in [0.29, 0.717) is 6.42 Å². The fourth-order valence-corrected chi connectivity index (χ4v) is 3.31. The van der Waals surface area contributed by atoms with E-state index in [-0.39, 0.29) is 5.91 Å². The number of morpholine rings is 1. The van der Waals surface area contributed by atoms with Gasteiger partial charge in [0.1, 0.15) is 0 Å². The molecule has 1 aromatic rings. The van der Waals surface area contributed by atoms with Gasteiger partial charge in [-0.3, -0.25) is 19.3 Å². The first-order chi connectivity index (χ1) is 11.7. The largest absolute Gasteiger partial charge is 0.379 e. The van der Waals surface area contributed by atoms with Crippen molar-refractivity contribution in [3.05, 3.63) is 18.0 Å². The van der Waals surface area contributed by atoms with Crippen LogP contribution in [-0.2, 0) is 22.6 Å². The molecule has 0 N–H and O–H groups in total. The molecule has 0 aliphatic carbocycles. The molecule has 0 radical (unpaired) electrons. The number of hydrogen-bond donors (Lipinski definition) is 0. The molecule has 134 valence electrons. The normalized spacial score (nSPS) is 21.2. The van der Waals surface area contributed by atoms with Crippen LogP contribution in [0.1, 0.15) is 18.9 Å². The standard InChI is InChI=1S/C17H29N5O2/c1-2-22-15-16(13-18-22)14-20-4-3-17(23)21(8-6-20)7-5-19-9-11-24-12-10-19/h13,15H,2-12,14H2,1H3. The summed E-state index contributed by atoms with van der Waals surface area (Å²) >= 11 is 0. The molecule has 0 spiro atoms. The van der Waals surface area contributed by atoms with Crippen molar-refractivity contribution in [1.29, 1.82) is 0 Å². The van der Waals surface area contributed by atoms with Crippen molar-refractivity contribution in [2.45, 2.75) is 26.4 Å². The monoisotopic (exact) mass is 335 g/mol. The predicted molar refractivity (Wildman–Crippen MR) is 91.6 cm³/mol. The minimum Gasteiger partial charge on any atom is -0.379 e. The van der Waals surface area contributed by atoms with Gasteiger partial charge < -0.3 is 9.64 Å². The van der Waals surface area contributed by atoms with Crippen molar-refractivity contribution in [3.8, 4) is 0 Å². The maximum atomic E-state index is 12.4. The van der Waals surface area contributed by atoms with E-state index in [1.807, 2.05) is 15.8 Å². The van der Waals surface area contributed by atoms with Crippen LogP contribution in [-0.4, -0.2) is 89.4 Å². The molecule has 0 unspecified atom stereocenters. The molecule has 2 fully saturated rings. The fraction of sp³-hybridized carbons (Fsp3) is 0.765. The minimum absolute atomic E-state index is 0.287. The van der Waals surface area contributed by atoms with Crippen LogP contribution in [0.4, 0.5) is 0 Å². The number of aryl methyl sites for hydroxylation is 1. The molecule has 7 nitrogen and oxygen atoms in total. The second-order valence-corrected chi connectivity index (χ2v) is 6.57. The Hall–Kier alpha value is -1.44. The average Bonchev–Trinajstić information content (AvgIpc) is 3.00. The van der Waals surface area contributed by atoms with Crippen molar-refractivity contribution < 1.29 is 9.53 Å². The quantitative estimate of drug-likeness (QED) is 0.747. The summed E-state index contributed by atoms with van der Waals surface area (Å²) in [4.78, 5) is 19.2. The van der Waals surface area contributed by atoms with Crippen molar-refractivity contribution in [2.75, 3.05) is 59.0 Å². The molecule has 3 heterocycles. The van der Waals surface area contributed by atoms with Crippen LogP contribution in [0.25, 0.3) is 0 Å². The van der Waals surface area contributed by atoms with Crippen molar-refractivity contribution >= 4 is 5.91 Å². The topological polar surface area (TPSA) is 53.8 Å². The number of ether oxygens (including phenoxy) is 1. The van der Waals surface area contributed by atoms with Crippen LogP contribution in [0.3, 0.4) is 0 Å². The van der Waals surface area contributed by atoms with Gasteiger partial charge in [0.15, 0.2) is 0 Å². The first-order valence-corrected chi connectivity index (χ1v) is 9.06. The molecule has 2 aliphatic heterocycles. The Morgan fingerprint density at radius 3 is 2.67 bits per heavy atom. The highest BCUT2D eigenvalue weighted by Gasteiger charge is 2.22. The third-order valence-corrected chi connectivity index (χ3v) is 4.89. The lowest BCUT2D eigenvalue weighted by Gasteiger charge is -2.29. The Labute approximate surface area is 144 Å². The summed E-state index contributed by atoms with van der Waals surface area (Å²) < 4.78 is 7.33. The number of amides is 1. The van der Waals surface area contributed by atoms with Gasteiger partial charge in [-0.1, -0.05) is 0 Å². The number of hydrogen-bond acceptors (Lipinski definition) is 5. The fourth-order valence-electron chi connectivity index (χ4n) is 3.31. The van der Waals surface area contributed by atoms with Crippen molar-refractivity contribution in [3.63, 3.8) is 0 Å². The van der Waals surface area contributed by atoms with Gasteiger partial charge in [-0.25, -0.2) is 0 Å². The van der Waals surface area contributed by atoms with Crippen molar-refractivity contribution in [1.82, 2.24) is 24.5 Å². The highest BCUT2D eigenvalue weighted by atomic mass is 16.5. The summed E-state index contributed by atoms with van der Waals surface area (Å²) in [5.74, 6) is 0.287. The van der Waals surface area contributed by atoms with E-state index in [4.69, 9.17) is 4.74 Å². The summed E-state index contributed by atoms with van der Waals surface area (Å²) in [5, 5.41) is 4.33. The van der Waals surface area contributed by atoms with E-state index in [9.17, 15) is 4.79 Å². The second kappa shape index (κ2) is 8.60. The van der Waals surface area contributed by atoms with Gasteiger partial charge in [-0.05, 0) is 6.92 Å². The molecule has 7 heteroatoms. The number of carbonyl (C=O) groups is 1. The summed E-state index contributed by atoms with van der Waals surface area (Å²) in [5.41, 5.74) is 1.23. The molecular formula is C17H29N5O2. The summed E-state index contributed by atoms with van der Waals surface area (Å²) in [6, 6.07) is 0. The third kappa shape index (κ3) is 4.78. The Bertz CT molecular complexity index is 527. The first kappa shape index (κ1) is 17.4. The van der Waals surface area contributed by atoms with Crippen LogP contribution in [0, 0.1) is 0 Å². The lowest BCUT2D eigenvalue weighted by molar-refractivity contribution is -0.130. The molecule has 2 aliphatic rings. The Morgan fingerprint density at radius 2 is 1.92 bits per heavy atom. The van der Waals surface area contributed by atoms with E-state index >= 15 is 0 Å². The highest BCUT2D eigenvalue weighted by Crippen LogP contribution is 2.10. The molecule has 24 heavy (non-hydrogen) atoms. The molecule has 1 amide bonds. The van der Waals surface area contributed by atoms with Crippen LogP contribution < -0.4 is 0 Å². The summed E-state index contributed by atoms with van der Waals surface area (Å²) in [7, 11) is 0. The number of nitrogens with zero attached hydrogens (tertiary/aromatic N) is 5. The Morgan fingerprint density at radius 1 is 1.08 bits per heavy atom. The van der Waals surface area contributed by atoms with Gasteiger partial charge in [-0.15, -0.1) is 0 Å². The van der Waals surface area contributed by atoms with Gasteiger partial charge in [0.25, 0.3) is 0 Å². The number of rotatable bonds is 6. The highest BCUT2D eigenvalue weighted by molar-refractivity contribution is 5.76. The van der Waals surface area contributed by atoms with Crippen LogP contribution in [0.2, 0.25) is 0 Å². The molecule has 1 aromatic heterocycles. The van der Waals surface area contributed by atoms with Crippen LogP contribution in [0.15, 0.2) is 12.4 Å². The Kier molecular flexibility index (Phi) is 6.23. The minimum atomic E-state index is 0.287. The summed E-state index contributed by atoms with van der Waals surface area (Å²) in [6.07, 6.45) is 4.65. The zero-order valence-corrected chi connectivity index (χ0v) is 14.7. The molecular weight excluding hydrogens is 306 g/mol. The molecule has 0 atom stereocenters. The number of aromatic nitrogens is 2. The molecule has 0 bridgehead atoms. The van der Waals surface area contributed by atoms with Crippen molar-refractivity contribution in [2.24, 2.45) is 0 Å². The second-order valence-electron chi connectivity index (χ2n) is 6.57. The van der Waals surface area contributed by atoms with E-state index < -0.39 is 0 Å². The van der Waals surface area contributed by atoms with Crippen LogP contribution in [0.5, 0.6) is 0 Å². The van der Waals surface area contributed by atoms with Gasteiger partial charge >= 0.3 is 0 Å². The zero-order chi connectivity index (χ0) is 16.8. The maximum Gasteiger partial charge on any atom is 0.223 e. The third-order valence-electron chi connectivity index (χ3n) is 4.89. The SMILES string of the molecule is CCn1cc(CN2CCC(=O)N(CCN3CCOCC3)CC2)cn1. The molecule has 3 rings (SSSR count). The lowest BCUT2D eigenvalue weighted by Crippen LogP contribution is -2.43.